The summed E-state index contributed by atoms with van der Waals surface area (Å²) in [6.45, 7) is 25.2. The number of hydrogen-bond donors (Lipinski definition) is 0. The average Bonchev–Trinajstić information content (AvgIpc) is 2.98. The molecule has 1 aromatic rings. The van der Waals surface area contributed by atoms with Gasteiger partial charge in [-0.3, -0.25) is 0 Å². The second-order valence-corrected chi connectivity index (χ2v) is 12.0. The summed E-state index contributed by atoms with van der Waals surface area (Å²) in [5, 5.41) is 12.8. The fourth-order valence-corrected chi connectivity index (χ4v) is 3.55. The van der Waals surface area contributed by atoms with Crippen molar-refractivity contribution < 1.29 is 36.3 Å². The molecule has 1 aromatic carbocycles. The number of nitrogens with zero attached hydrogens (tertiary/aromatic N) is 3. The molecule has 182 valence electrons. The fraction of sp³-hybridized carbons (Fsp3) is 0.783. The minimum absolute atomic E-state index is 0. The first-order valence-corrected chi connectivity index (χ1v) is 14.3. The molecule has 0 radical (unpaired) electrons. The van der Waals surface area contributed by atoms with Crippen molar-refractivity contribution in [2.75, 3.05) is 0 Å². The molecule has 0 spiro atoms. The average molecular weight is 673 g/mol. The summed E-state index contributed by atoms with van der Waals surface area (Å²) < 4.78 is 35.0. The molecule has 0 aliphatic carbocycles. The third-order valence-corrected chi connectivity index (χ3v) is 4.85. The van der Waals surface area contributed by atoms with Crippen LogP contribution in [0.1, 0.15) is 83.1 Å². The molecule has 1 rings (SSSR count). The summed E-state index contributed by atoms with van der Waals surface area (Å²) >= 11 is -5.94. The van der Waals surface area contributed by atoms with Crippen LogP contribution in [0.25, 0.3) is 16.0 Å². The van der Waals surface area contributed by atoms with Crippen LogP contribution in [0.15, 0.2) is 24.3 Å². The van der Waals surface area contributed by atoms with Crippen molar-refractivity contribution in [2.45, 2.75) is 119 Å². The minimum Gasteiger partial charge on any atom is 4.00 e. The van der Waals surface area contributed by atoms with E-state index in [0.29, 0.717) is 36.3 Å². The van der Waals surface area contributed by atoms with Gasteiger partial charge in [-0.2, -0.15) is 0 Å². The Hall–Kier alpha value is 0.433. The van der Waals surface area contributed by atoms with E-state index in [2.05, 4.69) is 99.0 Å². The van der Waals surface area contributed by atoms with Gasteiger partial charge in [0.2, 0.25) is 0 Å². The zero-order valence-electron chi connectivity index (χ0n) is 21.7. The summed E-state index contributed by atoms with van der Waals surface area (Å²) in [7, 11) is 0. The van der Waals surface area contributed by atoms with Gasteiger partial charge < -0.3 is 16.0 Å². The van der Waals surface area contributed by atoms with Crippen LogP contribution in [0.5, 0.6) is 0 Å². The van der Waals surface area contributed by atoms with Gasteiger partial charge in [0.15, 0.2) is 0 Å². The number of rotatable bonds is 7. The summed E-state index contributed by atoms with van der Waals surface area (Å²) in [4.78, 5) is 0. The van der Waals surface area contributed by atoms with Crippen molar-refractivity contribution in [1.82, 2.24) is 0 Å². The zero-order valence-corrected chi connectivity index (χ0v) is 27.4. The molecule has 0 fully saturated rings. The summed E-state index contributed by atoms with van der Waals surface area (Å²) in [6, 6.07) is 8.07. The molecule has 31 heavy (non-hydrogen) atoms. The molecule has 0 aliphatic rings. The molecule has 0 saturated heterocycles. The maximum atomic E-state index is 11.8. The molecule has 0 atom stereocenters. The zero-order chi connectivity index (χ0) is 24.5. The van der Waals surface area contributed by atoms with E-state index < -0.39 is 19.1 Å². The van der Waals surface area contributed by atoms with E-state index >= 15 is 0 Å². The van der Waals surface area contributed by atoms with Crippen molar-refractivity contribution in [3.63, 3.8) is 0 Å². The van der Waals surface area contributed by atoms with Crippen molar-refractivity contribution in [3.8, 4) is 0 Å². The molecule has 8 heteroatoms. The van der Waals surface area contributed by atoms with Crippen molar-refractivity contribution >= 4 is 19.1 Å². The monoisotopic (exact) mass is 675 g/mol. The van der Waals surface area contributed by atoms with E-state index in [1.165, 1.54) is 12.1 Å². The number of hydrogen-bond acceptors (Lipinski definition) is 0. The topological polar surface area (TPSA) is 42.3 Å². The van der Waals surface area contributed by atoms with Crippen LogP contribution in [-0.4, -0.2) is 50.9 Å². The largest absolute Gasteiger partial charge is 4.00 e. The molecule has 0 amide bonds. The Morgan fingerprint density at radius 1 is 0.516 bits per heavy atom. The van der Waals surface area contributed by atoms with Gasteiger partial charge in [0, 0.05) is 0 Å². The van der Waals surface area contributed by atoms with Crippen LogP contribution >= 0.6 is 0 Å². The third kappa shape index (κ3) is 38.0. The molecule has 0 unspecified atom stereocenters. The van der Waals surface area contributed by atoms with Gasteiger partial charge in [-0.05, 0) is 0 Å². The second-order valence-electron chi connectivity index (χ2n) is 8.68. The summed E-state index contributed by atoms with van der Waals surface area (Å²) in [5.74, 6) is 0. The van der Waals surface area contributed by atoms with Crippen molar-refractivity contribution in [2.24, 2.45) is 0 Å². The van der Waals surface area contributed by atoms with E-state index in [1.54, 1.807) is 0 Å². The Morgan fingerprint density at radius 2 is 0.710 bits per heavy atom. The van der Waals surface area contributed by atoms with Crippen LogP contribution in [-0.2, 0) is 25.8 Å². The van der Waals surface area contributed by atoms with Gasteiger partial charge in [-0.15, -0.1) is 36.3 Å². The molecule has 0 aliphatic heterocycles. The fourth-order valence-electron chi connectivity index (χ4n) is 2.35. The van der Waals surface area contributed by atoms with Crippen LogP contribution in [0.2, 0.25) is 0 Å². The Kier molecular flexibility index (Phi) is 27.7. The van der Waals surface area contributed by atoms with Crippen molar-refractivity contribution in [1.29, 1.82) is 0 Å². The van der Waals surface area contributed by atoms with Gasteiger partial charge in [-0.1, -0.05) is 83.1 Å². The van der Waals surface area contributed by atoms with Crippen LogP contribution in [0.4, 0.5) is 10.5 Å². The van der Waals surface area contributed by atoms with E-state index in [-0.39, 0.29) is 25.8 Å². The van der Waals surface area contributed by atoms with E-state index in [4.69, 9.17) is 0 Å². The second kappa shape index (κ2) is 22.2. The first-order valence-electron chi connectivity index (χ1n) is 10.9. The van der Waals surface area contributed by atoms with E-state index in [0.717, 1.165) is 12.1 Å². The van der Waals surface area contributed by atoms with E-state index in [1.807, 2.05) is 0 Å². The number of halogens is 3. The molecular formula is C23H46F3GeHfN3. The van der Waals surface area contributed by atoms with Crippen LogP contribution < -0.4 is 4.40 Å². The summed E-state index contributed by atoms with van der Waals surface area (Å²) in [5.41, 5.74) is 0. The molecule has 0 saturated carbocycles. The normalized spacial score (nSPS) is 11.0. The molecule has 0 aromatic heterocycles. The smallest absolute Gasteiger partial charge is 4.00 e. The van der Waals surface area contributed by atoms with Gasteiger partial charge in [0.1, 0.15) is 0 Å². The van der Waals surface area contributed by atoms with E-state index in [9.17, 15) is 10.5 Å². The first-order chi connectivity index (χ1) is 13.5. The SMILES string of the molecule is CC(C)[N-]C(C)C.CC(C)[N-]C(C)C.CC(C)[N-]C(C)C.[F][Ge]([F])([F])[c-]1cccc1.[Hf+4]. The van der Waals surface area contributed by atoms with Gasteiger partial charge in [0.05, 0.1) is 0 Å². The van der Waals surface area contributed by atoms with Crippen molar-refractivity contribution in [3.05, 3.63) is 40.2 Å². The minimum atomic E-state index is -5.94. The Bertz CT molecular complexity index is 410. The molecule has 0 heterocycles. The Labute approximate surface area is 214 Å². The molecular weight excluding hydrogens is 626 g/mol. The standard InChI is InChI=1S/3C6H14N.C5H4F3Ge.Hf/c3*1-5(2)7-6(3)4;6-9(7,8)5-3-1-2-4-5;/h3*5-6H,1-4H3;1-4H;/q4*-1;+4. The quantitative estimate of drug-likeness (QED) is 0.208. The predicted octanol–water partition coefficient (Wildman–Crippen LogP) is 7.99. The van der Waals surface area contributed by atoms with Crippen LogP contribution in [0.3, 0.4) is 0 Å². The van der Waals surface area contributed by atoms with Crippen LogP contribution in [0, 0.1) is 0 Å². The maximum absolute atomic E-state index is 11.8. The molecule has 0 bridgehead atoms. The van der Waals surface area contributed by atoms with Gasteiger partial charge >= 0.3 is 79.7 Å². The summed E-state index contributed by atoms with van der Waals surface area (Å²) in [6.07, 6.45) is 0. The Morgan fingerprint density at radius 3 is 0.774 bits per heavy atom. The molecule has 3 nitrogen and oxygen atoms in total. The van der Waals surface area contributed by atoms with Gasteiger partial charge in [-0.25, -0.2) is 0 Å². The Balaban J connectivity index is -0.000000156. The molecule has 0 N–H and O–H groups in total. The first kappa shape index (κ1) is 38.7. The maximum Gasteiger partial charge on any atom is 4.00 e. The van der Waals surface area contributed by atoms with Gasteiger partial charge in [0.25, 0.3) is 0 Å². The third-order valence-electron chi connectivity index (χ3n) is 2.78. The predicted molar refractivity (Wildman–Crippen MR) is 132 cm³/mol.